The van der Waals surface area contributed by atoms with Crippen molar-refractivity contribution in [1.82, 2.24) is 15.0 Å². The second-order valence-electron chi connectivity index (χ2n) is 7.76. The molecule has 0 saturated heterocycles. The number of anilines is 2. The van der Waals surface area contributed by atoms with Crippen molar-refractivity contribution in [1.29, 1.82) is 0 Å². The van der Waals surface area contributed by atoms with Gasteiger partial charge in [0.1, 0.15) is 29.1 Å². The maximum Gasteiger partial charge on any atom is 0.246 e. The number of fused-ring (bicyclic) bond motifs is 1. The molecule has 3 heterocycles. The predicted molar refractivity (Wildman–Crippen MR) is 103 cm³/mol. The first-order valence-corrected chi connectivity index (χ1v) is 9.55. The number of hydrogen-bond donors (Lipinski definition) is 1. The number of likely N-dealkylation sites (N-methyl/N-ethyl adjacent to an activating group) is 1. The highest BCUT2D eigenvalue weighted by Crippen LogP contribution is 2.37. The number of hydrogen-bond acceptors (Lipinski definition) is 6. The van der Waals surface area contributed by atoms with Gasteiger partial charge in [-0.05, 0) is 38.5 Å². The fourth-order valence-corrected chi connectivity index (χ4v) is 3.81. The zero-order valence-electron chi connectivity index (χ0n) is 16.3. The van der Waals surface area contributed by atoms with Crippen LogP contribution in [0, 0.1) is 24.6 Å². The minimum Gasteiger partial charge on any atom is -0.492 e. The van der Waals surface area contributed by atoms with E-state index in [0.717, 1.165) is 42.8 Å². The van der Waals surface area contributed by atoms with Crippen LogP contribution in [-0.4, -0.2) is 40.6 Å². The minimum atomic E-state index is -0.389. The molecule has 1 fully saturated rings. The number of carbonyl (C=O) groups excluding carboxylic acids is 1. The Morgan fingerprint density at radius 3 is 2.82 bits per heavy atom. The summed E-state index contributed by atoms with van der Waals surface area (Å²) in [7, 11) is 1.89. The van der Waals surface area contributed by atoms with E-state index in [2.05, 4.69) is 15.3 Å². The summed E-state index contributed by atoms with van der Waals surface area (Å²) in [6, 6.07) is 1.10. The van der Waals surface area contributed by atoms with Gasteiger partial charge in [-0.3, -0.25) is 9.78 Å². The van der Waals surface area contributed by atoms with Crippen LogP contribution in [0.25, 0.3) is 0 Å². The van der Waals surface area contributed by atoms with Crippen LogP contribution < -0.4 is 15.0 Å². The fraction of sp³-hybridized carbons (Fsp3) is 0.500. The Morgan fingerprint density at radius 2 is 2.07 bits per heavy atom. The lowest BCUT2D eigenvalue weighted by molar-refractivity contribution is -0.117. The molecule has 2 aromatic heterocycles. The number of rotatable bonds is 5. The predicted octanol–water partition coefficient (Wildman–Crippen LogP) is 2.74. The molecule has 1 saturated carbocycles. The molecule has 7 nitrogen and oxygen atoms in total. The van der Waals surface area contributed by atoms with Crippen molar-refractivity contribution in [3.63, 3.8) is 0 Å². The first-order chi connectivity index (χ1) is 13.4. The van der Waals surface area contributed by atoms with E-state index in [-0.39, 0.29) is 17.8 Å². The van der Waals surface area contributed by atoms with Gasteiger partial charge < -0.3 is 15.0 Å². The van der Waals surface area contributed by atoms with Gasteiger partial charge in [0, 0.05) is 19.5 Å². The van der Waals surface area contributed by atoms with Gasteiger partial charge in [0.15, 0.2) is 5.82 Å². The monoisotopic (exact) mass is 385 g/mol. The number of amides is 1. The van der Waals surface area contributed by atoms with Crippen molar-refractivity contribution < 1.29 is 13.9 Å². The zero-order chi connectivity index (χ0) is 19.8. The summed E-state index contributed by atoms with van der Waals surface area (Å²) in [5.74, 6) is 2.60. The summed E-state index contributed by atoms with van der Waals surface area (Å²) in [6.45, 7) is 4.33. The third kappa shape index (κ3) is 3.63. The third-order valence-corrected chi connectivity index (χ3v) is 5.63. The van der Waals surface area contributed by atoms with E-state index in [1.54, 1.807) is 0 Å². The molecule has 1 N–H and O–H groups in total. The average Bonchev–Trinajstić information content (AvgIpc) is 2.63. The first kappa shape index (κ1) is 18.6. The number of pyridine rings is 1. The molecule has 0 unspecified atom stereocenters. The molecule has 0 spiro atoms. The smallest absolute Gasteiger partial charge is 0.246 e. The first-order valence-electron chi connectivity index (χ1n) is 9.55. The largest absolute Gasteiger partial charge is 0.492 e. The lowest BCUT2D eigenvalue weighted by Gasteiger charge is -2.36. The van der Waals surface area contributed by atoms with Crippen LogP contribution in [-0.2, 0) is 11.2 Å². The molecular formula is C20H24FN5O2. The Hall–Kier alpha value is -2.77. The average molecular weight is 385 g/mol. The van der Waals surface area contributed by atoms with Crippen molar-refractivity contribution in [2.75, 3.05) is 23.9 Å². The molecule has 0 aromatic carbocycles. The van der Waals surface area contributed by atoms with Crippen LogP contribution >= 0.6 is 0 Å². The van der Waals surface area contributed by atoms with Crippen LogP contribution in [0.1, 0.15) is 31.3 Å². The summed E-state index contributed by atoms with van der Waals surface area (Å²) < 4.78 is 18.8. The van der Waals surface area contributed by atoms with Crippen LogP contribution in [0.4, 0.5) is 15.9 Å². The van der Waals surface area contributed by atoms with E-state index in [4.69, 9.17) is 9.72 Å². The molecule has 148 valence electrons. The Labute approximate surface area is 163 Å². The number of nitrogens with one attached hydrogen (secondary N) is 1. The van der Waals surface area contributed by atoms with Gasteiger partial charge in [0.25, 0.3) is 0 Å². The highest BCUT2D eigenvalue weighted by molar-refractivity contribution is 6.02. The molecule has 1 aliphatic heterocycles. The van der Waals surface area contributed by atoms with Crippen molar-refractivity contribution in [2.24, 2.45) is 11.8 Å². The van der Waals surface area contributed by atoms with E-state index < -0.39 is 0 Å². The lowest BCUT2D eigenvalue weighted by Crippen LogP contribution is -2.45. The van der Waals surface area contributed by atoms with Gasteiger partial charge in [-0.25, -0.2) is 14.4 Å². The molecule has 0 radical (unpaired) electrons. The van der Waals surface area contributed by atoms with Crippen molar-refractivity contribution >= 4 is 17.4 Å². The number of aryl methyl sites for hydroxylation is 1. The number of ether oxygens (including phenoxy) is 1. The molecule has 8 heteroatoms. The minimum absolute atomic E-state index is 0.0372. The second-order valence-corrected chi connectivity index (χ2v) is 7.76. The van der Waals surface area contributed by atoms with E-state index in [1.807, 2.05) is 25.8 Å². The number of halogens is 1. The molecule has 2 aromatic rings. The van der Waals surface area contributed by atoms with Crippen LogP contribution in [0.15, 0.2) is 18.5 Å². The van der Waals surface area contributed by atoms with Crippen molar-refractivity contribution in [2.45, 2.75) is 39.2 Å². The summed E-state index contributed by atoms with van der Waals surface area (Å²) in [5.41, 5.74) is 1.50. The van der Waals surface area contributed by atoms with Gasteiger partial charge >= 0.3 is 0 Å². The van der Waals surface area contributed by atoms with E-state index in [9.17, 15) is 9.18 Å². The van der Waals surface area contributed by atoms with E-state index in [0.29, 0.717) is 29.9 Å². The Bertz CT molecular complexity index is 900. The summed E-state index contributed by atoms with van der Waals surface area (Å²) in [5, 5.41) is 2.91. The van der Waals surface area contributed by atoms with Gasteiger partial charge in [0.2, 0.25) is 5.91 Å². The maximum absolute atomic E-state index is 13.1. The van der Waals surface area contributed by atoms with Crippen LogP contribution in [0.5, 0.6) is 5.75 Å². The summed E-state index contributed by atoms with van der Waals surface area (Å²) in [6.07, 6.45) is 5.56. The van der Waals surface area contributed by atoms with Crippen LogP contribution in [0.2, 0.25) is 0 Å². The fourth-order valence-electron chi connectivity index (χ4n) is 3.81. The zero-order valence-corrected chi connectivity index (χ0v) is 16.3. The van der Waals surface area contributed by atoms with E-state index in [1.165, 1.54) is 12.3 Å². The number of nitrogens with zero attached hydrogens (tertiary/aromatic N) is 4. The Kier molecular flexibility index (Phi) is 4.87. The second kappa shape index (κ2) is 7.33. The third-order valence-electron chi connectivity index (χ3n) is 5.63. The van der Waals surface area contributed by atoms with Gasteiger partial charge in [-0.2, -0.15) is 0 Å². The lowest BCUT2D eigenvalue weighted by atomic mass is 9.73. The standard InChI is InChI=1S/C20H24FN5O2/c1-11-18-19(26(3)12(2)20(27)25-18)24-17(23-11)6-13-4-14(5-13)10-28-16-7-15(21)8-22-9-16/h7-9,12-14H,4-6,10H2,1-3H3,(H,25,27)/t12-,13?,14?/m0/s1. The summed E-state index contributed by atoms with van der Waals surface area (Å²) in [4.78, 5) is 27.0. The Morgan fingerprint density at radius 1 is 1.29 bits per heavy atom. The highest BCUT2D eigenvalue weighted by Gasteiger charge is 2.33. The quantitative estimate of drug-likeness (QED) is 0.853. The van der Waals surface area contributed by atoms with Gasteiger partial charge in [-0.1, -0.05) is 0 Å². The number of carbonyl (C=O) groups is 1. The van der Waals surface area contributed by atoms with Crippen LogP contribution in [0.3, 0.4) is 0 Å². The van der Waals surface area contributed by atoms with Gasteiger partial charge in [0.05, 0.1) is 24.7 Å². The Balaban J connectivity index is 1.34. The topological polar surface area (TPSA) is 80.2 Å². The van der Waals surface area contributed by atoms with Crippen molar-refractivity contribution in [3.8, 4) is 5.75 Å². The van der Waals surface area contributed by atoms with Crippen molar-refractivity contribution in [3.05, 3.63) is 35.8 Å². The molecule has 4 rings (SSSR count). The molecule has 0 bridgehead atoms. The molecule has 1 amide bonds. The molecule has 1 atom stereocenters. The molecule has 1 aliphatic carbocycles. The van der Waals surface area contributed by atoms with Gasteiger partial charge in [-0.15, -0.1) is 0 Å². The van der Waals surface area contributed by atoms with E-state index >= 15 is 0 Å². The number of aromatic nitrogens is 3. The maximum atomic E-state index is 13.1. The molecular weight excluding hydrogens is 361 g/mol. The molecule has 2 aliphatic rings. The highest BCUT2D eigenvalue weighted by atomic mass is 19.1. The normalized spacial score (nSPS) is 23.6. The summed E-state index contributed by atoms with van der Waals surface area (Å²) >= 11 is 0. The molecule has 28 heavy (non-hydrogen) atoms. The SMILES string of the molecule is Cc1nc(CC2CC(COc3cncc(F)c3)C2)nc2c1NC(=O)[C@H](C)N2C.